The van der Waals surface area contributed by atoms with Crippen molar-refractivity contribution < 1.29 is 48.6 Å². The molecule has 0 aromatic carbocycles. The van der Waals surface area contributed by atoms with Crippen LogP contribution in [0.15, 0.2) is 0 Å². The number of aliphatic hydroxyl groups excluding tert-OH is 2. The number of nitrogens with two attached hydrogens (primary N) is 1. The van der Waals surface area contributed by atoms with E-state index in [1.807, 2.05) is 39.8 Å². The molecule has 13 nitrogen and oxygen atoms in total. The second kappa shape index (κ2) is 17.3. The van der Waals surface area contributed by atoms with E-state index in [9.17, 15) is 24.9 Å². The molecule has 14 atom stereocenters. The van der Waals surface area contributed by atoms with E-state index in [1.54, 1.807) is 27.7 Å². The fourth-order valence-corrected chi connectivity index (χ4v) is 7.01. The number of aliphatic hydroxyl groups is 3. The molecule has 0 aliphatic carbocycles. The molecule has 0 bridgehead atoms. The van der Waals surface area contributed by atoms with Gasteiger partial charge in [-0.3, -0.25) is 9.59 Å². The van der Waals surface area contributed by atoms with E-state index < -0.39 is 77.8 Å². The maximum atomic E-state index is 13.8. The third kappa shape index (κ3) is 9.60. The van der Waals surface area contributed by atoms with Crippen LogP contribution in [0.2, 0.25) is 0 Å². The Morgan fingerprint density at radius 2 is 1.74 bits per heavy atom. The van der Waals surface area contributed by atoms with Crippen LogP contribution in [0.4, 0.5) is 0 Å². The standard InChI is InChI=1S/C33H63N3O10/c1-12-24-33(8,41)27(38)22(6)35-29(39)18(2)17-32(7,42-11)28(46-31-25(37)23(36(9)10)16-19(3)44-31)20(4)26(43-15-13-14-34)21(5)30(40)45-24/h18-28,31,37-38,41H,12-17,34H2,1-11H3,(H,35,39)/t18-,19-,20+,21-,22-,23+,24-,25+,26+,27-,28-,31+,32-,33-/m1/s1. The van der Waals surface area contributed by atoms with Crippen LogP contribution >= 0.6 is 0 Å². The predicted molar refractivity (Wildman–Crippen MR) is 173 cm³/mol. The van der Waals surface area contributed by atoms with Crippen LogP contribution < -0.4 is 11.1 Å². The lowest BCUT2D eigenvalue weighted by Gasteiger charge is -2.48. The van der Waals surface area contributed by atoms with Crippen LogP contribution in [0, 0.1) is 17.8 Å². The molecule has 1 amide bonds. The van der Waals surface area contributed by atoms with Crippen LogP contribution in [0.3, 0.4) is 0 Å². The number of esters is 1. The number of nitrogens with zero attached hydrogens (tertiary/aromatic N) is 1. The number of hydrogen-bond donors (Lipinski definition) is 5. The SMILES string of the molecule is CC[C@H]1OC(=O)[C@H](C)[C@@H](OCCCN)[C@H](C)[C@@H](O[C@@H]2O[C@H](C)C[C@H](N(C)C)[C@@H]2O)[C@](C)(OC)C[C@@H](C)C(=O)N[C@H](C)[C@@H](O)[C@]1(C)O. The second-order valence-corrected chi connectivity index (χ2v) is 14.2. The number of rotatable bonds is 9. The first-order chi connectivity index (χ1) is 21.4. The Kier molecular flexibility index (Phi) is 15.3. The van der Waals surface area contributed by atoms with Gasteiger partial charge in [-0.15, -0.1) is 0 Å². The zero-order valence-corrected chi connectivity index (χ0v) is 29.9. The molecule has 0 spiro atoms. The molecule has 6 N–H and O–H groups in total. The Hall–Kier alpha value is -1.42. The minimum atomic E-state index is -1.87. The molecule has 0 aromatic rings. The number of likely N-dealkylation sites (N-methyl/N-ethyl adjacent to an activating group) is 1. The van der Waals surface area contributed by atoms with Crippen LogP contribution in [0.1, 0.15) is 81.1 Å². The van der Waals surface area contributed by atoms with Crippen molar-refractivity contribution in [2.45, 2.75) is 147 Å². The van der Waals surface area contributed by atoms with Crippen molar-refractivity contribution in [3.05, 3.63) is 0 Å². The summed E-state index contributed by atoms with van der Waals surface area (Å²) >= 11 is 0. The van der Waals surface area contributed by atoms with E-state index in [0.29, 0.717) is 19.4 Å². The summed E-state index contributed by atoms with van der Waals surface area (Å²) in [5, 5.41) is 36.8. The average Bonchev–Trinajstić information content (AvgIpc) is 2.99. The van der Waals surface area contributed by atoms with E-state index in [0.717, 1.165) is 0 Å². The number of cyclic esters (lactones) is 1. The van der Waals surface area contributed by atoms with Gasteiger partial charge in [-0.2, -0.15) is 0 Å². The summed E-state index contributed by atoms with van der Waals surface area (Å²) in [5.41, 5.74) is 2.75. The first kappa shape index (κ1) is 40.8. The first-order valence-corrected chi connectivity index (χ1v) is 16.8. The fraction of sp³-hybridized carbons (Fsp3) is 0.939. The summed E-state index contributed by atoms with van der Waals surface area (Å²) in [7, 11) is 5.31. The van der Waals surface area contributed by atoms with E-state index in [-0.39, 0.29) is 37.5 Å². The molecule has 2 rings (SSSR count). The van der Waals surface area contributed by atoms with Crippen molar-refractivity contribution >= 4 is 11.9 Å². The van der Waals surface area contributed by atoms with Crippen LogP contribution in [0.5, 0.6) is 0 Å². The molecule has 13 heteroatoms. The van der Waals surface area contributed by atoms with Gasteiger partial charge in [-0.05, 0) is 80.9 Å². The number of ether oxygens (including phenoxy) is 5. The number of carbonyl (C=O) groups is 2. The maximum Gasteiger partial charge on any atom is 0.311 e. The highest BCUT2D eigenvalue weighted by Gasteiger charge is 2.51. The topological polar surface area (TPSA) is 182 Å². The largest absolute Gasteiger partial charge is 0.459 e. The third-order valence-corrected chi connectivity index (χ3v) is 10.0. The fourth-order valence-electron chi connectivity index (χ4n) is 7.01. The van der Waals surface area contributed by atoms with E-state index in [2.05, 4.69) is 5.32 Å². The number of hydrogen-bond acceptors (Lipinski definition) is 12. The predicted octanol–water partition coefficient (Wildman–Crippen LogP) is 1.19. The maximum absolute atomic E-state index is 13.8. The van der Waals surface area contributed by atoms with Gasteiger partial charge in [0.25, 0.3) is 0 Å². The van der Waals surface area contributed by atoms with Crippen molar-refractivity contribution in [3.63, 3.8) is 0 Å². The Bertz CT molecular complexity index is 970. The monoisotopic (exact) mass is 661 g/mol. The van der Waals surface area contributed by atoms with Gasteiger partial charge in [-0.1, -0.05) is 20.8 Å². The van der Waals surface area contributed by atoms with Gasteiger partial charge in [-0.25, -0.2) is 0 Å². The van der Waals surface area contributed by atoms with E-state index in [1.165, 1.54) is 14.0 Å². The van der Waals surface area contributed by atoms with Gasteiger partial charge in [0, 0.05) is 31.6 Å². The minimum absolute atomic E-state index is 0.172. The molecule has 2 fully saturated rings. The molecule has 2 aliphatic heterocycles. The molecule has 2 saturated heterocycles. The summed E-state index contributed by atoms with van der Waals surface area (Å²) in [5.74, 6) is -3.05. The van der Waals surface area contributed by atoms with Crippen LogP contribution in [-0.4, -0.2) is 133 Å². The van der Waals surface area contributed by atoms with E-state index >= 15 is 0 Å². The van der Waals surface area contributed by atoms with Crippen molar-refractivity contribution in [2.24, 2.45) is 23.5 Å². The van der Waals surface area contributed by atoms with Gasteiger partial charge < -0.3 is 55.0 Å². The minimum Gasteiger partial charge on any atom is -0.459 e. The lowest BCUT2D eigenvalue weighted by atomic mass is 9.77. The quantitative estimate of drug-likeness (QED) is 0.176. The Morgan fingerprint density at radius 3 is 2.28 bits per heavy atom. The molecule has 270 valence electrons. The number of methoxy groups -OCH3 is 1. The van der Waals surface area contributed by atoms with Gasteiger partial charge >= 0.3 is 5.97 Å². The number of amides is 1. The lowest BCUT2D eigenvalue weighted by molar-refractivity contribution is -0.302. The highest BCUT2D eigenvalue weighted by molar-refractivity contribution is 5.78. The molecule has 46 heavy (non-hydrogen) atoms. The molecule has 0 radical (unpaired) electrons. The zero-order chi connectivity index (χ0) is 35.1. The van der Waals surface area contributed by atoms with Crippen molar-refractivity contribution in [2.75, 3.05) is 34.4 Å². The van der Waals surface area contributed by atoms with Gasteiger partial charge in [0.15, 0.2) is 6.29 Å². The zero-order valence-electron chi connectivity index (χ0n) is 29.9. The summed E-state index contributed by atoms with van der Waals surface area (Å²) in [6.45, 7) is 14.4. The summed E-state index contributed by atoms with van der Waals surface area (Å²) in [6, 6.07) is -1.11. The molecular weight excluding hydrogens is 598 g/mol. The van der Waals surface area contributed by atoms with Crippen LogP contribution in [0.25, 0.3) is 0 Å². The Morgan fingerprint density at radius 1 is 1.11 bits per heavy atom. The third-order valence-electron chi connectivity index (χ3n) is 10.0. The average molecular weight is 662 g/mol. The molecule has 0 saturated carbocycles. The summed E-state index contributed by atoms with van der Waals surface area (Å²) < 4.78 is 31.3. The highest BCUT2D eigenvalue weighted by atomic mass is 16.7. The van der Waals surface area contributed by atoms with Crippen molar-refractivity contribution in [1.29, 1.82) is 0 Å². The van der Waals surface area contributed by atoms with E-state index in [4.69, 9.17) is 29.4 Å². The smallest absolute Gasteiger partial charge is 0.311 e. The molecule has 2 aliphatic rings. The normalized spacial score (nSPS) is 43.8. The summed E-state index contributed by atoms with van der Waals surface area (Å²) in [4.78, 5) is 29.3. The highest BCUT2D eigenvalue weighted by Crippen LogP contribution is 2.38. The molecule has 0 unspecified atom stereocenters. The Balaban J connectivity index is 2.70. The first-order valence-electron chi connectivity index (χ1n) is 16.8. The lowest BCUT2D eigenvalue weighted by Crippen LogP contribution is -2.60. The van der Waals surface area contributed by atoms with Gasteiger partial charge in [0.05, 0.1) is 35.9 Å². The molecule has 2 heterocycles. The Labute approximate surface area is 275 Å². The van der Waals surface area contributed by atoms with Crippen LogP contribution in [-0.2, 0) is 33.3 Å². The second-order valence-electron chi connectivity index (χ2n) is 14.2. The van der Waals surface area contributed by atoms with Crippen molar-refractivity contribution in [1.82, 2.24) is 10.2 Å². The summed E-state index contributed by atoms with van der Waals surface area (Å²) in [6.07, 6.45) is -4.88. The van der Waals surface area contributed by atoms with Crippen molar-refractivity contribution in [3.8, 4) is 0 Å². The number of carbonyl (C=O) groups excluding carboxylic acids is 2. The van der Waals surface area contributed by atoms with Gasteiger partial charge in [0.1, 0.15) is 23.9 Å². The number of nitrogens with one attached hydrogen (secondary N) is 1. The molecule has 0 aromatic heterocycles. The van der Waals surface area contributed by atoms with Gasteiger partial charge in [0.2, 0.25) is 5.91 Å². The molecular formula is C33H63N3O10.